The van der Waals surface area contributed by atoms with Gasteiger partial charge in [0.2, 0.25) is 0 Å². The maximum Gasteiger partial charge on any atom is 0.251 e. The van der Waals surface area contributed by atoms with Crippen molar-refractivity contribution in [1.82, 2.24) is 5.32 Å². The van der Waals surface area contributed by atoms with E-state index in [2.05, 4.69) is 5.32 Å². The summed E-state index contributed by atoms with van der Waals surface area (Å²) in [6.07, 6.45) is 0. The molecule has 1 amide bonds. The van der Waals surface area contributed by atoms with E-state index in [4.69, 9.17) is 0 Å². The fourth-order valence-electron chi connectivity index (χ4n) is 1.84. The van der Waals surface area contributed by atoms with Crippen molar-refractivity contribution in [2.45, 2.75) is 46.4 Å². The van der Waals surface area contributed by atoms with Gasteiger partial charge in [-0.1, -0.05) is 0 Å². The van der Waals surface area contributed by atoms with Gasteiger partial charge < -0.3 is 20.6 Å². The molecule has 0 aliphatic rings. The van der Waals surface area contributed by atoms with E-state index in [0.29, 0.717) is 11.1 Å². The second kappa shape index (κ2) is 5.59. The number of aromatic hydroxyl groups is 1. The maximum absolute atomic E-state index is 12.2. The molecule has 0 heterocycles. The Kier molecular flexibility index (Phi) is 4.55. The van der Waals surface area contributed by atoms with Gasteiger partial charge in [0, 0.05) is 22.2 Å². The predicted octanol–water partition coefficient (Wildman–Crippen LogP) is 1.21. The standard InChI is InChI=1S/C14H21NO4/c1-8-10(13(19)15-14(2,3)4)5-9(6-16)12(18)11(8)7-17/h5,16-18H,6-7H2,1-4H3,(H,15,19). The van der Waals surface area contributed by atoms with Crippen molar-refractivity contribution < 1.29 is 20.1 Å². The van der Waals surface area contributed by atoms with Gasteiger partial charge in [0.05, 0.1) is 13.2 Å². The van der Waals surface area contributed by atoms with Gasteiger partial charge in [-0.25, -0.2) is 0 Å². The van der Waals surface area contributed by atoms with Gasteiger partial charge >= 0.3 is 0 Å². The summed E-state index contributed by atoms with van der Waals surface area (Å²) in [6.45, 7) is 6.46. The number of rotatable bonds is 3. The van der Waals surface area contributed by atoms with Crippen LogP contribution in [0.2, 0.25) is 0 Å². The van der Waals surface area contributed by atoms with Gasteiger partial charge in [0.25, 0.3) is 5.91 Å². The average Bonchev–Trinajstić information content (AvgIpc) is 2.27. The highest BCUT2D eigenvalue weighted by atomic mass is 16.3. The highest BCUT2D eigenvalue weighted by molar-refractivity contribution is 5.97. The van der Waals surface area contributed by atoms with Crippen LogP contribution >= 0.6 is 0 Å². The molecule has 1 aromatic carbocycles. The number of benzene rings is 1. The molecule has 4 N–H and O–H groups in total. The van der Waals surface area contributed by atoms with E-state index < -0.39 is 6.61 Å². The van der Waals surface area contributed by atoms with E-state index in [1.807, 2.05) is 20.8 Å². The summed E-state index contributed by atoms with van der Waals surface area (Å²) in [6, 6.07) is 1.45. The molecule has 0 fully saturated rings. The molecule has 0 aliphatic heterocycles. The van der Waals surface area contributed by atoms with Crippen molar-refractivity contribution in [3.8, 4) is 5.75 Å². The second-order valence-corrected chi connectivity index (χ2v) is 5.56. The number of nitrogens with one attached hydrogen (secondary N) is 1. The summed E-state index contributed by atoms with van der Waals surface area (Å²) >= 11 is 0. The van der Waals surface area contributed by atoms with E-state index in [1.54, 1.807) is 6.92 Å². The maximum atomic E-state index is 12.2. The summed E-state index contributed by atoms with van der Waals surface area (Å²) in [5.74, 6) is -0.454. The highest BCUT2D eigenvalue weighted by Crippen LogP contribution is 2.29. The third-order valence-electron chi connectivity index (χ3n) is 2.83. The minimum Gasteiger partial charge on any atom is -0.507 e. The van der Waals surface area contributed by atoms with Crippen molar-refractivity contribution in [2.24, 2.45) is 0 Å². The zero-order chi connectivity index (χ0) is 14.8. The Bertz CT molecular complexity index is 489. The molecule has 0 unspecified atom stereocenters. The van der Waals surface area contributed by atoms with Crippen molar-refractivity contribution in [3.63, 3.8) is 0 Å². The van der Waals surface area contributed by atoms with Crippen LogP contribution in [0.3, 0.4) is 0 Å². The van der Waals surface area contributed by atoms with Gasteiger partial charge in [-0.05, 0) is 39.3 Å². The molecule has 1 rings (SSSR count). The molecule has 0 saturated carbocycles. The summed E-state index contributed by atoms with van der Waals surface area (Å²) in [5.41, 5.74) is 0.972. The van der Waals surface area contributed by atoms with Gasteiger partial charge in [-0.15, -0.1) is 0 Å². The predicted molar refractivity (Wildman–Crippen MR) is 71.9 cm³/mol. The molecular weight excluding hydrogens is 246 g/mol. The Hall–Kier alpha value is -1.59. The summed E-state index contributed by atoms with van der Waals surface area (Å²) in [4.78, 5) is 12.2. The number of aliphatic hydroxyl groups excluding tert-OH is 2. The smallest absolute Gasteiger partial charge is 0.251 e. The number of hydrogen-bond donors (Lipinski definition) is 4. The van der Waals surface area contributed by atoms with E-state index >= 15 is 0 Å². The normalized spacial score (nSPS) is 11.5. The molecule has 1 aromatic rings. The van der Waals surface area contributed by atoms with Crippen LogP contribution in [0, 0.1) is 6.92 Å². The lowest BCUT2D eigenvalue weighted by Gasteiger charge is -2.22. The zero-order valence-electron chi connectivity index (χ0n) is 11.7. The second-order valence-electron chi connectivity index (χ2n) is 5.56. The first-order chi connectivity index (χ1) is 8.71. The van der Waals surface area contributed by atoms with Crippen LogP contribution in [-0.2, 0) is 13.2 Å². The van der Waals surface area contributed by atoms with Crippen LogP contribution in [-0.4, -0.2) is 26.8 Å². The lowest BCUT2D eigenvalue weighted by atomic mass is 9.96. The first-order valence-corrected chi connectivity index (χ1v) is 6.09. The van der Waals surface area contributed by atoms with Crippen molar-refractivity contribution in [1.29, 1.82) is 0 Å². The summed E-state index contributed by atoms with van der Waals surface area (Å²) in [5, 5.41) is 31.2. The van der Waals surface area contributed by atoms with Crippen LogP contribution in [0.4, 0.5) is 0 Å². The van der Waals surface area contributed by atoms with E-state index in [0.717, 1.165) is 0 Å². The van der Waals surface area contributed by atoms with Crippen molar-refractivity contribution >= 4 is 5.91 Å². The van der Waals surface area contributed by atoms with Gasteiger partial charge in [-0.2, -0.15) is 0 Å². The Balaban J connectivity index is 3.32. The van der Waals surface area contributed by atoms with Crippen LogP contribution in [0.1, 0.15) is 47.8 Å². The number of amides is 1. The fraction of sp³-hybridized carbons (Fsp3) is 0.500. The van der Waals surface area contributed by atoms with E-state index in [-0.39, 0.29) is 34.9 Å². The van der Waals surface area contributed by atoms with Crippen LogP contribution in [0.5, 0.6) is 5.75 Å². The lowest BCUT2D eigenvalue weighted by molar-refractivity contribution is 0.0918. The SMILES string of the molecule is Cc1c(C(=O)NC(C)(C)C)cc(CO)c(O)c1CO. The van der Waals surface area contributed by atoms with E-state index in [1.165, 1.54) is 6.07 Å². The molecule has 0 saturated heterocycles. The minimum atomic E-state index is -0.394. The number of carbonyl (C=O) groups excluding carboxylic acids is 1. The summed E-state index contributed by atoms with van der Waals surface area (Å²) in [7, 11) is 0. The highest BCUT2D eigenvalue weighted by Gasteiger charge is 2.21. The molecule has 5 nitrogen and oxygen atoms in total. The molecule has 19 heavy (non-hydrogen) atoms. The number of carbonyl (C=O) groups is 1. The number of hydrogen-bond acceptors (Lipinski definition) is 4. The van der Waals surface area contributed by atoms with Crippen LogP contribution in [0.15, 0.2) is 6.07 Å². The van der Waals surface area contributed by atoms with E-state index in [9.17, 15) is 20.1 Å². The molecule has 0 atom stereocenters. The molecule has 0 spiro atoms. The minimum absolute atomic E-state index is 0.158. The van der Waals surface area contributed by atoms with Gasteiger partial charge in [-0.3, -0.25) is 4.79 Å². The quantitative estimate of drug-likeness (QED) is 0.662. The first-order valence-electron chi connectivity index (χ1n) is 6.09. The molecule has 0 radical (unpaired) electrons. The van der Waals surface area contributed by atoms with Crippen molar-refractivity contribution in [3.05, 3.63) is 28.3 Å². The average molecular weight is 267 g/mol. The molecule has 0 bridgehead atoms. The topological polar surface area (TPSA) is 89.8 Å². The first kappa shape index (κ1) is 15.5. The Morgan fingerprint density at radius 2 is 1.84 bits per heavy atom. The van der Waals surface area contributed by atoms with Gasteiger partial charge in [0.1, 0.15) is 5.75 Å². The third-order valence-corrected chi connectivity index (χ3v) is 2.83. The zero-order valence-corrected chi connectivity index (χ0v) is 11.7. The van der Waals surface area contributed by atoms with Gasteiger partial charge in [0.15, 0.2) is 0 Å². The van der Waals surface area contributed by atoms with Crippen LogP contribution in [0.25, 0.3) is 0 Å². The molecular formula is C14H21NO4. The lowest BCUT2D eigenvalue weighted by Crippen LogP contribution is -2.41. The largest absolute Gasteiger partial charge is 0.507 e. The molecule has 5 heteroatoms. The third kappa shape index (κ3) is 3.45. The monoisotopic (exact) mass is 267 g/mol. The number of phenols is 1. The fourth-order valence-corrected chi connectivity index (χ4v) is 1.84. The van der Waals surface area contributed by atoms with Crippen LogP contribution < -0.4 is 5.32 Å². The number of aliphatic hydroxyl groups is 2. The molecule has 106 valence electrons. The Morgan fingerprint density at radius 3 is 2.26 bits per heavy atom. The molecule has 0 aromatic heterocycles. The van der Waals surface area contributed by atoms with Crippen molar-refractivity contribution in [2.75, 3.05) is 0 Å². The summed E-state index contributed by atoms with van der Waals surface area (Å²) < 4.78 is 0. The Morgan fingerprint density at radius 1 is 1.26 bits per heavy atom. The Labute approximate surface area is 112 Å². The molecule has 0 aliphatic carbocycles.